The molecular formula is C37H50AsF3N4O5. The Bertz CT molecular complexity index is 1460. The molecule has 2 atom stereocenters. The van der Waals surface area contributed by atoms with E-state index in [4.69, 9.17) is 24.8 Å². The van der Waals surface area contributed by atoms with Crippen molar-refractivity contribution in [1.82, 2.24) is 15.5 Å². The number of carbonyl (C=O) groups is 2. The van der Waals surface area contributed by atoms with Crippen LogP contribution in [0.1, 0.15) is 55.3 Å². The third-order valence-corrected chi connectivity index (χ3v) is 10.3. The maximum atomic E-state index is 12.4. The summed E-state index contributed by atoms with van der Waals surface area (Å²) in [4.78, 5) is 23.6. The largest absolute Gasteiger partial charge is 0.490 e. The number of amides is 1. The zero-order valence-corrected chi connectivity index (χ0v) is 31.3. The van der Waals surface area contributed by atoms with E-state index in [0.29, 0.717) is 38.6 Å². The molecule has 1 amide bonds. The predicted molar refractivity (Wildman–Crippen MR) is 193 cm³/mol. The number of benzene rings is 3. The molecule has 0 bridgehead atoms. The molecular weight excluding hydrogens is 712 g/mol. The minimum Gasteiger partial charge on any atom is -0.475 e. The number of guanidine groups is 1. The molecule has 0 radical (unpaired) electrons. The topological polar surface area (TPSA) is 124 Å². The second-order valence-electron chi connectivity index (χ2n) is 11.7. The van der Waals surface area contributed by atoms with Crippen molar-refractivity contribution in [3.05, 3.63) is 89.5 Å². The number of carbonyl (C=O) groups excluding carboxylic acids is 1. The maximum Gasteiger partial charge on any atom is 0.490 e. The number of aryl methyl sites for hydroxylation is 1. The van der Waals surface area contributed by atoms with Gasteiger partial charge in [0.15, 0.2) is 5.96 Å². The van der Waals surface area contributed by atoms with Gasteiger partial charge in [0.05, 0.1) is 0 Å². The van der Waals surface area contributed by atoms with Crippen LogP contribution in [-0.2, 0) is 26.0 Å². The van der Waals surface area contributed by atoms with Crippen LogP contribution in [0.5, 0.6) is 5.75 Å². The van der Waals surface area contributed by atoms with Gasteiger partial charge in [-0.1, -0.05) is 13.3 Å². The average Bonchev–Trinajstić information content (AvgIpc) is 3.08. The Morgan fingerprint density at radius 3 is 2.24 bits per heavy atom. The van der Waals surface area contributed by atoms with Gasteiger partial charge in [0.25, 0.3) is 0 Å². The van der Waals surface area contributed by atoms with Crippen molar-refractivity contribution < 1.29 is 37.3 Å². The molecule has 4 N–H and O–H groups in total. The van der Waals surface area contributed by atoms with Gasteiger partial charge in [0, 0.05) is 13.7 Å². The summed E-state index contributed by atoms with van der Waals surface area (Å²) in [6, 6.07) is 26.4. The molecule has 13 heteroatoms. The second-order valence-corrected chi connectivity index (χ2v) is 14.4. The van der Waals surface area contributed by atoms with E-state index in [0.717, 1.165) is 46.9 Å². The van der Waals surface area contributed by atoms with Crippen molar-refractivity contribution in [1.29, 1.82) is 5.41 Å². The molecule has 0 aromatic heterocycles. The summed E-state index contributed by atoms with van der Waals surface area (Å²) >= 11 is -0.141. The van der Waals surface area contributed by atoms with Gasteiger partial charge in [0.2, 0.25) is 0 Å². The van der Waals surface area contributed by atoms with Gasteiger partial charge in [-0.3, -0.25) is 15.5 Å². The SMILES string of the molecule is CCCCNC(=N)NC(=O)CCc1ccc(-c2ccc(C[AsH]CC(c3ccccc3)N(C)C)cc2)c(OCCCOC)c1.O=C(O)C(F)(F)F. The molecule has 0 heterocycles. The van der Waals surface area contributed by atoms with E-state index in [1.165, 1.54) is 16.3 Å². The molecule has 3 rings (SSSR count). The van der Waals surface area contributed by atoms with E-state index < -0.39 is 12.1 Å². The number of aliphatic carboxylic acids is 1. The Labute approximate surface area is 300 Å². The Kier molecular flexibility index (Phi) is 19.3. The number of ether oxygens (including phenoxy) is 2. The summed E-state index contributed by atoms with van der Waals surface area (Å²) in [5.41, 5.74) is 5.98. The predicted octanol–water partition coefficient (Wildman–Crippen LogP) is 6.43. The maximum absolute atomic E-state index is 12.4. The van der Waals surface area contributed by atoms with Crippen LogP contribution in [0.4, 0.5) is 13.2 Å². The van der Waals surface area contributed by atoms with Crippen molar-refractivity contribution in [3.8, 4) is 16.9 Å². The average molecular weight is 763 g/mol. The number of carboxylic acids is 1. The molecule has 2 unspecified atom stereocenters. The van der Waals surface area contributed by atoms with E-state index >= 15 is 0 Å². The molecule has 0 saturated carbocycles. The molecule has 50 heavy (non-hydrogen) atoms. The van der Waals surface area contributed by atoms with Crippen molar-refractivity contribution in [3.63, 3.8) is 0 Å². The number of nitrogens with one attached hydrogen (secondary N) is 3. The Balaban J connectivity index is 0.00000112. The second kappa shape index (κ2) is 22.8. The van der Waals surface area contributed by atoms with E-state index in [-0.39, 0.29) is 27.6 Å². The Morgan fingerprint density at radius 2 is 1.64 bits per heavy atom. The van der Waals surface area contributed by atoms with Gasteiger partial charge in [-0.05, 0) is 6.42 Å². The number of methoxy groups -OCH3 is 1. The molecule has 9 nitrogen and oxygen atoms in total. The molecule has 0 aliphatic heterocycles. The molecule has 3 aromatic rings. The van der Waals surface area contributed by atoms with Gasteiger partial charge in [-0.15, -0.1) is 0 Å². The molecule has 0 aliphatic rings. The van der Waals surface area contributed by atoms with Crippen LogP contribution in [-0.4, -0.2) is 90.7 Å². The standard InChI is InChI=1S/C35H49AsN4O3.C2HF3O2/c1-5-6-21-38-35(37)39-34(41)20-16-27-15-19-31(33(24-27)43-23-10-22-42-4)29-17-13-28(14-18-29)25-36-26-32(40(2)3)30-11-8-7-9-12-30;3-2(4,5)1(6)7/h7-9,11-15,17-19,24,32,36H,5-6,10,16,20-23,25-26H2,1-4H3,(H3,37,38,39,41);(H,6,7). The van der Waals surface area contributed by atoms with Gasteiger partial charge in [-0.2, -0.15) is 13.2 Å². The Morgan fingerprint density at radius 1 is 0.980 bits per heavy atom. The summed E-state index contributed by atoms with van der Waals surface area (Å²) in [6.45, 7) is 3.99. The zero-order chi connectivity index (χ0) is 36.9. The number of alkyl halides is 3. The number of unbranched alkanes of at least 4 members (excludes halogenated alkanes) is 1. The van der Waals surface area contributed by atoms with Crippen LogP contribution in [0.25, 0.3) is 11.1 Å². The fourth-order valence-electron chi connectivity index (χ4n) is 4.79. The van der Waals surface area contributed by atoms with Crippen molar-refractivity contribution in [2.24, 2.45) is 0 Å². The summed E-state index contributed by atoms with van der Waals surface area (Å²) < 4.78 is 43.2. The fraction of sp³-hybridized carbons (Fsp3) is 0.432. The number of carboxylic acid groups (broad SMARTS) is 1. The normalized spacial score (nSPS) is 11.9. The zero-order valence-electron chi connectivity index (χ0n) is 29.2. The summed E-state index contributed by atoms with van der Waals surface area (Å²) in [5, 5.41) is 23.0. The van der Waals surface area contributed by atoms with Crippen LogP contribution in [0.3, 0.4) is 0 Å². The summed E-state index contributed by atoms with van der Waals surface area (Å²) in [6.07, 6.45) is -1.40. The third kappa shape index (κ3) is 16.2. The summed E-state index contributed by atoms with van der Waals surface area (Å²) in [7, 11) is 6.04. The van der Waals surface area contributed by atoms with E-state index in [2.05, 4.69) is 103 Å². The molecule has 0 aliphatic carbocycles. The minimum absolute atomic E-state index is 0.0653. The number of nitrogens with zero attached hydrogens (tertiary/aromatic N) is 1. The molecule has 3 aromatic carbocycles. The first-order valence-corrected chi connectivity index (χ1v) is 19.5. The van der Waals surface area contributed by atoms with Crippen LogP contribution >= 0.6 is 0 Å². The first kappa shape index (κ1) is 42.3. The van der Waals surface area contributed by atoms with Crippen LogP contribution in [0.15, 0.2) is 72.8 Å². The first-order chi connectivity index (χ1) is 23.8. The van der Waals surface area contributed by atoms with Gasteiger partial charge < -0.3 is 10.4 Å². The van der Waals surface area contributed by atoms with Crippen molar-refractivity contribution in [2.75, 3.05) is 41.0 Å². The van der Waals surface area contributed by atoms with E-state index in [1.54, 1.807) is 7.11 Å². The van der Waals surface area contributed by atoms with E-state index in [1.807, 2.05) is 6.07 Å². The van der Waals surface area contributed by atoms with Gasteiger partial charge in [0.1, 0.15) is 0 Å². The number of rotatable bonds is 18. The molecule has 274 valence electrons. The van der Waals surface area contributed by atoms with Gasteiger partial charge >= 0.3 is 218 Å². The van der Waals surface area contributed by atoms with Crippen LogP contribution < -0.4 is 15.4 Å². The molecule has 0 fully saturated rings. The monoisotopic (exact) mass is 762 g/mol. The number of halogens is 3. The minimum atomic E-state index is -5.08. The van der Waals surface area contributed by atoms with Crippen molar-refractivity contribution in [2.45, 2.75) is 61.7 Å². The van der Waals surface area contributed by atoms with Crippen molar-refractivity contribution >= 4 is 33.6 Å². The third-order valence-electron chi connectivity index (χ3n) is 7.52. The molecule has 0 spiro atoms. The van der Waals surface area contributed by atoms with Crippen LogP contribution in [0.2, 0.25) is 5.21 Å². The van der Waals surface area contributed by atoms with E-state index in [9.17, 15) is 18.0 Å². The summed E-state index contributed by atoms with van der Waals surface area (Å²) in [5.74, 6) is -2.04. The first-order valence-electron chi connectivity index (χ1n) is 16.5. The van der Waals surface area contributed by atoms with Gasteiger partial charge in [-0.25, -0.2) is 4.79 Å². The van der Waals surface area contributed by atoms with Crippen LogP contribution in [0, 0.1) is 5.41 Å². The molecule has 0 saturated heterocycles. The smallest absolute Gasteiger partial charge is 0.475 e. The quantitative estimate of drug-likeness (QED) is 0.0510. The fourth-order valence-corrected chi connectivity index (χ4v) is 8.03. The number of hydrogen-bond acceptors (Lipinski definition) is 6. The number of hydrogen-bond donors (Lipinski definition) is 4. The Hall–Kier alpha value is -3.86.